The SMILES string of the molecule is COC(=O)/C=C/C[C@H](OCc1ccc(OC)cc1)C(O)/C=C/[C@@H]1CC(C)=CCO1. The topological polar surface area (TPSA) is 74.2 Å². The van der Waals surface area contributed by atoms with Gasteiger partial charge in [0.25, 0.3) is 0 Å². The molecule has 158 valence electrons. The van der Waals surface area contributed by atoms with E-state index in [-0.39, 0.29) is 6.10 Å². The van der Waals surface area contributed by atoms with Crippen molar-refractivity contribution in [3.8, 4) is 5.75 Å². The Labute approximate surface area is 172 Å². The molecular weight excluding hydrogens is 372 g/mol. The quantitative estimate of drug-likeness (QED) is 0.368. The van der Waals surface area contributed by atoms with Crippen molar-refractivity contribution in [2.45, 2.75) is 44.7 Å². The van der Waals surface area contributed by atoms with E-state index < -0.39 is 18.2 Å². The van der Waals surface area contributed by atoms with Crippen LogP contribution < -0.4 is 4.74 Å². The van der Waals surface area contributed by atoms with Crippen LogP contribution in [0.5, 0.6) is 5.75 Å². The molecule has 0 saturated heterocycles. The molecule has 0 spiro atoms. The van der Waals surface area contributed by atoms with Gasteiger partial charge in [-0.15, -0.1) is 0 Å². The van der Waals surface area contributed by atoms with Crippen LogP contribution in [0.4, 0.5) is 0 Å². The Hall–Kier alpha value is -2.41. The van der Waals surface area contributed by atoms with Crippen molar-refractivity contribution in [3.05, 3.63) is 65.8 Å². The van der Waals surface area contributed by atoms with E-state index in [0.717, 1.165) is 17.7 Å². The number of aliphatic hydroxyl groups excluding tert-OH is 1. The van der Waals surface area contributed by atoms with E-state index in [4.69, 9.17) is 14.2 Å². The first-order chi connectivity index (χ1) is 14.0. The molecule has 0 bridgehead atoms. The first-order valence-electron chi connectivity index (χ1n) is 9.64. The number of carbonyl (C=O) groups excluding carboxylic acids is 1. The lowest BCUT2D eigenvalue weighted by atomic mass is 10.0. The number of carbonyl (C=O) groups is 1. The second-order valence-corrected chi connectivity index (χ2v) is 6.86. The minimum absolute atomic E-state index is 0.0532. The van der Waals surface area contributed by atoms with Crippen LogP contribution in [0.15, 0.2) is 60.2 Å². The van der Waals surface area contributed by atoms with Crippen LogP contribution >= 0.6 is 0 Å². The van der Waals surface area contributed by atoms with Gasteiger partial charge in [-0.05, 0) is 37.5 Å². The van der Waals surface area contributed by atoms with Crippen LogP contribution in [0, 0.1) is 0 Å². The Kier molecular flexibility index (Phi) is 9.64. The Bertz CT molecular complexity index is 719. The third kappa shape index (κ3) is 8.23. The maximum Gasteiger partial charge on any atom is 0.330 e. The minimum Gasteiger partial charge on any atom is -0.497 e. The zero-order valence-corrected chi connectivity index (χ0v) is 17.2. The van der Waals surface area contributed by atoms with Gasteiger partial charge in [0.1, 0.15) is 5.75 Å². The van der Waals surface area contributed by atoms with Crippen molar-refractivity contribution in [1.29, 1.82) is 0 Å². The summed E-state index contributed by atoms with van der Waals surface area (Å²) in [6.45, 7) is 2.97. The highest BCUT2D eigenvalue weighted by atomic mass is 16.5. The van der Waals surface area contributed by atoms with Gasteiger partial charge >= 0.3 is 5.97 Å². The fraction of sp³-hybridized carbons (Fsp3) is 0.435. The highest BCUT2D eigenvalue weighted by molar-refractivity contribution is 5.81. The van der Waals surface area contributed by atoms with E-state index in [1.165, 1.54) is 18.8 Å². The third-order valence-corrected chi connectivity index (χ3v) is 4.62. The molecule has 0 aromatic heterocycles. The molecule has 1 aromatic carbocycles. The largest absolute Gasteiger partial charge is 0.497 e. The fourth-order valence-electron chi connectivity index (χ4n) is 2.86. The molecule has 1 aliphatic rings. The van der Waals surface area contributed by atoms with Gasteiger partial charge in [0.2, 0.25) is 0 Å². The highest BCUT2D eigenvalue weighted by Gasteiger charge is 2.18. The van der Waals surface area contributed by atoms with Gasteiger partial charge in [-0.3, -0.25) is 0 Å². The maximum atomic E-state index is 11.3. The van der Waals surface area contributed by atoms with Gasteiger partial charge in [-0.1, -0.05) is 42.0 Å². The molecule has 6 heteroatoms. The van der Waals surface area contributed by atoms with E-state index in [1.54, 1.807) is 19.3 Å². The predicted molar refractivity (Wildman–Crippen MR) is 111 cm³/mol. The lowest BCUT2D eigenvalue weighted by Crippen LogP contribution is -2.27. The van der Waals surface area contributed by atoms with Gasteiger partial charge in [-0.2, -0.15) is 0 Å². The lowest BCUT2D eigenvalue weighted by Gasteiger charge is -2.22. The van der Waals surface area contributed by atoms with Crippen LogP contribution in [-0.4, -0.2) is 50.2 Å². The molecule has 0 radical (unpaired) electrons. The monoisotopic (exact) mass is 402 g/mol. The first kappa shape index (κ1) is 22.9. The van der Waals surface area contributed by atoms with Crippen LogP contribution in [0.25, 0.3) is 0 Å². The van der Waals surface area contributed by atoms with Crippen LogP contribution in [-0.2, 0) is 25.6 Å². The Morgan fingerprint density at radius 1 is 1.31 bits per heavy atom. The van der Waals surface area contributed by atoms with Crippen molar-refractivity contribution in [2.75, 3.05) is 20.8 Å². The molecule has 6 nitrogen and oxygen atoms in total. The van der Waals surface area contributed by atoms with Crippen LogP contribution in [0.2, 0.25) is 0 Å². The van der Waals surface area contributed by atoms with Gasteiger partial charge in [0.05, 0.1) is 45.7 Å². The molecule has 0 aliphatic carbocycles. The zero-order valence-electron chi connectivity index (χ0n) is 17.2. The normalized spacial score (nSPS) is 19.2. The van der Waals surface area contributed by atoms with Crippen LogP contribution in [0.3, 0.4) is 0 Å². The molecule has 1 aromatic rings. The van der Waals surface area contributed by atoms with Crippen molar-refractivity contribution < 1.29 is 28.8 Å². The molecule has 1 aliphatic heterocycles. The number of aliphatic hydroxyl groups is 1. The number of esters is 1. The summed E-state index contributed by atoms with van der Waals surface area (Å²) in [5, 5.41) is 10.6. The molecule has 2 rings (SSSR count). The average Bonchev–Trinajstić information content (AvgIpc) is 2.74. The lowest BCUT2D eigenvalue weighted by molar-refractivity contribution is -0.134. The summed E-state index contributed by atoms with van der Waals surface area (Å²) >= 11 is 0. The van der Waals surface area contributed by atoms with E-state index in [9.17, 15) is 9.90 Å². The molecule has 0 fully saturated rings. The smallest absolute Gasteiger partial charge is 0.330 e. The minimum atomic E-state index is -0.842. The van der Waals surface area contributed by atoms with E-state index in [1.807, 2.05) is 30.3 Å². The van der Waals surface area contributed by atoms with E-state index >= 15 is 0 Å². The number of benzene rings is 1. The van der Waals surface area contributed by atoms with Crippen LogP contribution in [0.1, 0.15) is 25.3 Å². The van der Waals surface area contributed by atoms with Crippen molar-refractivity contribution in [3.63, 3.8) is 0 Å². The van der Waals surface area contributed by atoms with Crippen molar-refractivity contribution in [1.82, 2.24) is 0 Å². The van der Waals surface area contributed by atoms with Gasteiger partial charge < -0.3 is 24.1 Å². The summed E-state index contributed by atoms with van der Waals surface area (Å²) in [7, 11) is 2.94. The second kappa shape index (κ2) is 12.2. The summed E-state index contributed by atoms with van der Waals surface area (Å²) < 4.78 is 21.4. The summed E-state index contributed by atoms with van der Waals surface area (Å²) in [4.78, 5) is 11.3. The third-order valence-electron chi connectivity index (χ3n) is 4.62. The van der Waals surface area contributed by atoms with Gasteiger partial charge in [0.15, 0.2) is 0 Å². The summed E-state index contributed by atoms with van der Waals surface area (Å²) in [5.41, 5.74) is 2.23. The molecule has 0 amide bonds. The Balaban J connectivity index is 1.99. The number of hydrogen-bond acceptors (Lipinski definition) is 6. The molecule has 0 saturated carbocycles. The molecule has 29 heavy (non-hydrogen) atoms. The van der Waals surface area contributed by atoms with Gasteiger partial charge in [-0.25, -0.2) is 4.79 Å². The summed E-state index contributed by atoms with van der Waals surface area (Å²) in [6, 6.07) is 7.54. The van der Waals surface area contributed by atoms with Crippen molar-refractivity contribution in [2.24, 2.45) is 0 Å². The van der Waals surface area contributed by atoms with Gasteiger partial charge in [0, 0.05) is 6.08 Å². The fourth-order valence-corrected chi connectivity index (χ4v) is 2.86. The predicted octanol–water partition coefficient (Wildman–Crippen LogP) is 3.35. The molecule has 3 atom stereocenters. The van der Waals surface area contributed by atoms with E-state index in [2.05, 4.69) is 17.7 Å². The molecule has 1 N–H and O–H groups in total. The number of ether oxygens (including phenoxy) is 4. The summed E-state index contributed by atoms with van der Waals surface area (Å²) in [6.07, 6.45) is 8.36. The number of rotatable bonds is 10. The summed E-state index contributed by atoms with van der Waals surface area (Å²) in [5.74, 6) is 0.327. The average molecular weight is 402 g/mol. The number of methoxy groups -OCH3 is 2. The standard InChI is InChI=1S/C23H30O6/c1-17-13-14-28-20(15-17)11-12-21(24)22(5-4-6-23(25)27-3)29-16-18-7-9-19(26-2)10-8-18/h4,6-13,20-22,24H,5,14-16H2,1-3H3/b6-4+,12-11+/t20-,21?,22+/m1/s1. The molecule has 1 heterocycles. The molecule has 1 unspecified atom stereocenters. The Morgan fingerprint density at radius 2 is 2.07 bits per heavy atom. The second-order valence-electron chi connectivity index (χ2n) is 6.86. The zero-order chi connectivity index (χ0) is 21.1. The van der Waals surface area contributed by atoms with Crippen molar-refractivity contribution >= 4 is 5.97 Å². The first-order valence-corrected chi connectivity index (χ1v) is 9.64. The number of hydrogen-bond donors (Lipinski definition) is 1. The maximum absolute atomic E-state index is 11.3. The Morgan fingerprint density at radius 3 is 2.72 bits per heavy atom. The van der Waals surface area contributed by atoms with E-state index in [0.29, 0.717) is 19.6 Å². The molecular formula is C23H30O6. The highest BCUT2D eigenvalue weighted by Crippen LogP contribution is 2.18.